The van der Waals surface area contributed by atoms with Gasteiger partial charge < -0.3 is 19.8 Å². The number of aromatic nitrogens is 1. The average molecular weight is 693 g/mol. The van der Waals surface area contributed by atoms with Gasteiger partial charge in [-0.1, -0.05) is 60.7 Å². The van der Waals surface area contributed by atoms with Gasteiger partial charge >= 0.3 is 0 Å². The zero-order valence-electron chi connectivity index (χ0n) is 27.4. The lowest BCUT2D eigenvalue weighted by atomic mass is 10.0. The maximum atomic E-state index is 13.8. The molecule has 0 saturated heterocycles. The van der Waals surface area contributed by atoms with E-state index in [1.54, 1.807) is 18.2 Å². The first-order chi connectivity index (χ1) is 24.0. The third kappa shape index (κ3) is 7.20. The number of hydrogen-bond donors (Lipinski definition) is 2. The van der Waals surface area contributed by atoms with E-state index in [0.717, 1.165) is 21.7 Å². The monoisotopic (exact) mass is 692 g/mol. The molecule has 0 atom stereocenters. The van der Waals surface area contributed by atoms with Crippen molar-refractivity contribution < 1.29 is 31.6 Å². The number of halogens is 1. The third-order valence-corrected chi connectivity index (χ3v) is 9.28. The maximum absolute atomic E-state index is 13.8. The number of nitrogens with zero attached hydrogens (tertiary/aromatic N) is 2. The molecule has 0 aliphatic rings. The van der Waals surface area contributed by atoms with Crippen LogP contribution in [-0.2, 0) is 23.2 Å². The van der Waals surface area contributed by atoms with Crippen LogP contribution in [0.25, 0.3) is 33.6 Å². The van der Waals surface area contributed by atoms with Crippen LogP contribution >= 0.6 is 0 Å². The molecule has 10 nitrogen and oxygen atoms in total. The van der Waals surface area contributed by atoms with Gasteiger partial charge in [0.2, 0.25) is 10.0 Å². The normalized spacial score (nSPS) is 11.3. The van der Waals surface area contributed by atoms with Crippen LogP contribution in [0.4, 0.5) is 10.1 Å². The summed E-state index contributed by atoms with van der Waals surface area (Å²) in [5.74, 6) is -1.06. The van der Waals surface area contributed by atoms with Crippen molar-refractivity contribution in [2.24, 2.45) is 0 Å². The molecule has 50 heavy (non-hydrogen) atoms. The first-order valence-corrected chi connectivity index (χ1v) is 17.4. The third-order valence-electron chi connectivity index (χ3n) is 8.09. The average Bonchev–Trinajstić information content (AvgIpc) is 3.51. The molecule has 2 heterocycles. The lowest BCUT2D eigenvalue weighted by molar-refractivity contribution is 0.0938. The van der Waals surface area contributed by atoms with E-state index in [4.69, 9.17) is 14.1 Å². The number of hydrogen-bond acceptors (Lipinski definition) is 7. The second kappa shape index (κ2) is 14.2. The second-order valence-corrected chi connectivity index (χ2v) is 13.5. The molecule has 6 rings (SSSR count). The first kappa shape index (κ1) is 33.9. The molecule has 0 aliphatic heterocycles. The highest BCUT2D eigenvalue weighted by Crippen LogP contribution is 2.41. The number of fused-ring (bicyclic) bond motifs is 1. The van der Waals surface area contributed by atoms with Crippen LogP contribution in [0.2, 0.25) is 0 Å². The number of nitrogens with one attached hydrogen (secondary N) is 2. The lowest BCUT2D eigenvalue weighted by Crippen LogP contribution is -2.26. The summed E-state index contributed by atoms with van der Waals surface area (Å²) >= 11 is 0. The van der Waals surface area contributed by atoms with E-state index in [9.17, 15) is 22.4 Å². The van der Waals surface area contributed by atoms with Gasteiger partial charge in [-0.2, -0.15) is 0 Å². The molecule has 0 radical (unpaired) electrons. The summed E-state index contributed by atoms with van der Waals surface area (Å²) in [5, 5.41) is 5.88. The zero-order valence-corrected chi connectivity index (χ0v) is 28.3. The summed E-state index contributed by atoms with van der Waals surface area (Å²) in [5.41, 5.74) is 3.27. The summed E-state index contributed by atoms with van der Waals surface area (Å²) in [6.45, 7) is 0.403. The molecular weight excluding hydrogens is 660 g/mol. The topological polar surface area (TPSA) is 131 Å². The zero-order chi connectivity index (χ0) is 35.4. The van der Waals surface area contributed by atoms with Crippen molar-refractivity contribution >= 4 is 38.5 Å². The van der Waals surface area contributed by atoms with E-state index < -0.39 is 27.7 Å². The molecule has 2 amide bonds. The van der Waals surface area contributed by atoms with Gasteiger partial charge in [0.1, 0.15) is 23.8 Å². The van der Waals surface area contributed by atoms with Crippen molar-refractivity contribution in [1.29, 1.82) is 0 Å². The molecule has 6 aromatic rings. The van der Waals surface area contributed by atoms with Gasteiger partial charge in [0.25, 0.3) is 11.8 Å². The van der Waals surface area contributed by atoms with Crippen molar-refractivity contribution in [2.45, 2.75) is 13.2 Å². The smallest absolute Gasteiger partial charge is 0.274 e. The molecule has 254 valence electrons. The molecule has 2 aromatic heterocycles. The minimum absolute atomic E-state index is 0.0202. The molecule has 0 aliphatic carbocycles. The predicted molar refractivity (Wildman–Crippen MR) is 190 cm³/mol. The molecular formula is C38H33FN4O6S. The molecule has 2 N–H and O–H groups in total. The molecule has 12 heteroatoms. The Balaban J connectivity index is 1.52. The van der Waals surface area contributed by atoms with Crippen molar-refractivity contribution in [2.75, 3.05) is 24.7 Å². The number of ether oxygens (including phenoxy) is 1. The van der Waals surface area contributed by atoms with E-state index in [1.807, 2.05) is 60.7 Å². The van der Waals surface area contributed by atoms with E-state index >= 15 is 0 Å². The summed E-state index contributed by atoms with van der Waals surface area (Å²) in [4.78, 5) is 31.8. The molecule has 0 saturated carbocycles. The largest absolute Gasteiger partial charge is 0.486 e. The SMILES string of the molecule is CNC(=O)c1c(-c2ccc(F)cc2)oc2cc(N(C)S(C)(=O)=O)c(-c3ccc(OCc4ccccc4)c(C(=O)NCc4ccccc4)n3)cc12. The molecule has 0 bridgehead atoms. The van der Waals surface area contributed by atoms with Crippen molar-refractivity contribution in [1.82, 2.24) is 15.6 Å². The fraction of sp³-hybridized carbons (Fsp3) is 0.132. The number of rotatable bonds is 11. The van der Waals surface area contributed by atoms with Gasteiger partial charge in [0.05, 0.1) is 23.2 Å². The van der Waals surface area contributed by atoms with Gasteiger partial charge in [-0.25, -0.2) is 17.8 Å². The second-order valence-electron chi connectivity index (χ2n) is 11.5. The van der Waals surface area contributed by atoms with E-state index in [1.165, 1.54) is 44.4 Å². The van der Waals surface area contributed by atoms with Gasteiger partial charge in [-0.15, -0.1) is 0 Å². The summed E-state index contributed by atoms with van der Waals surface area (Å²) in [7, 11) is -0.957. The van der Waals surface area contributed by atoms with Crippen LogP contribution in [0.1, 0.15) is 32.0 Å². The Morgan fingerprint density at radius 3 is 2.18 bits per heavy atom. The van der Waals surface area contributed by atoms with Gasteiger partial charge in [-0.3, -0.25) is 13.9 Å². The highest BCUT2D eigenvalue weighted by molar-refractivity contribution is 7.92. The van der Waals surface area contributed by atoms with Crippen LogP contribution in [0.15, 0.2) is 114 Å². The number of anilines is 1. The van der Waals surface area contributed by atoms with Crippen LogP contribution in [0.5, 0.6) is 5.75 Å². The van der Waals surface area contributed by atoms with Crippen LogP contribution in [0, 0.1) is 5.82 Å². The Kier molecular flexibility index (Phi) is 9.64. The Hall–Kier alpha value is -6.01. The van der Waals surface area contributed by atoms with Gasteiger partial charge in [-0.05, 0) is 53.6 Å². The summed E-state index contributed by atoms with van der Waals surface area (Å²) in [6, 6.07) is 30.6. The molecule has 0 fully saturated rings. The van der Waals surface area contributed by atoms with Crippen LogP contribution in [0.3, 0.4) is 0 Å². The lowest BCUT2D eigenvalue weighted by Gasteiger charge is -2.21. The summed E-state index contributed by atoms with van der Waals surface area (Å²) in [6.07, 6.45) is 1.05. The van der Waals surface area contributed by atoms with Crippen LogP contribution in [-0.4, -0.2) is 45.6 Å². The molecule has 0 spiro atoms. The number of furan rings is 1. The van der Waals surface area contributed by atoms with E-state index in [2.05, 4.69) is 10.6 Å². The van der Waals surface area contributed by atoms with E-state index in [0.29, 0.717) is 16.5 Å². The quantitative estimate of drug-likeness (QED) is 0.157. The Bertz CT molecular complexity index is 2290. The highest BCUT2D eigenvalue weighted by atomic mass is 32.2. The number of carbonyl (C=O) groups is 2. The first-order valence-electron chi connectivity index (χ1n) is 15.6. The van der Waals surface area contributed by atoms with Crippen LogP contribution < -0.4 is 19.7 Å². The Labute approximate surface area is 288 Å². The Morgan fingerprint density at radius 2 is 1.54 bits per heavy atom. The Morgan fingerprint density at radius 1 is 0.880 bits per heavy atom. The van der Waals surface area contributed by atoms with Crippen molar-refractivity contribution in [3.63, 3.8) is 0 Å². The number of carbonyl (C=O) groups excluding carboxylic acids is 2. The highest BCUT2D eigenvalue weighted by Gasteiger charge is 2.27. The maximum Gasteiger partial charge on any atom is 0.274 e. The minimum Gasteiger partial charge on any atom is -0.486 e. The predicted octanol–water partition coefficient (Wildman–Crippen LogP) is 6.57. The fourth-order valence-corrected chi connectivity index (χ4v) is 5.91. The van der Waals surface area contributed by atoms with E-state index in [-0.39, 0.29) is 52.9 Å². The number of amides is 2. The standard InChI is InChI=1S/C38H33FN4O6S/c1-40-37(44)34-29-20-28(31(43(2)50(3,46)47)21-33(29)49-36(34)26-14-16-27(39)17-15-26)30-18-19-32(48-23-25-12-8-5-9-13-25)35(42-30)38(45)41-22-24-10-6-4-7-11-24/h4-21H,22-23H2,1-3H3,(H,40,44)(H,41,45). The number of sulfonamides is 1. The fourth-order valence-electron chi connectivity index (χ4n) is 5.40. The van der Waals surface area contributed by atoms with Crippen molar-refractivity contribution in [3.8, 4) is 28.3 Å². The number of pyridine rings is 1. The summed E-state index contributed by atoms with van der Waals surface area (Å²) < 4.78 is 52.9. The minimum atomic E-state index is -3.81. The van der Waals surface area contributed by atoms with Gasteiger partial charge in [0, 0.05) is 43.2 Å². The molecule has 4 aromatic carbocycles. The molecule has 0 unspecified atom stereocenters. The number of benzene rings is 4. The van der Waals surface area contributed by atoms with Gasteiger partial charge in [0.15, 0.2) is 11.4 Å². The van der Waals surface area contributed by atoms with Crippen molar-refractivity contribution in [3.05, 3.63) is 137 Å².